The average molecular weight is 344 g/mol. The fraction of sp³-hybridized carbons (Fsp3) is 0.647. The molecule has 0 bridgehead atoms. The Balaban J connectivity index is 2.34. The lowest BCUT2D eigenvalue weighted by atomic mass is 9.99. The van der Waals surface area contributed by atoms with Crippen LogP contribution in [0.2, 0.25) is 0 Å². The van der Waals surface area contributed by atoms with Crippen LogP contribution in [-0.4, -0.2) is 7.05 Å². The molecule has 0 aliphatic rings. The normalized spacial score (nSPS) is 12.6. The van der Waals surface area contributed by atoms with E-state index in [1.807, 2.05) is 19.2 Å². The van der Waals surface area contributed by atoms with Crippen molar-refractivity contribution in [1.29, 1.82) is 0 Å². The highest BCUT2D eigenvalue weighted by molar-refractivity contribution is 9.10. The smallest absolute Gasteiger partial charge is 0.142 e. The Morgan fingerprint density at radius 3 is 2.40 bits per heavy atom. The van der Waals surface area contributed by atoms with Gasteiger partial charge in [0.15, 0.2) is 0 Å². The number of rotatable bonds is 10. The van der Waals surface area contributed by atoms with Gasteiger partial charge in [0.1, 0.15) is 5.82 Å². The Morgan fingerprint density at radius 1 is 1.10 bits per heavy atom. The zero-order valence-electron chi connectivity index (χ0n) is 12.7. The molecule has 0 heterocycles. The molecule has 0 saturated heterocycles. The third-order valence-corrected chi connectivity index (χ3v) is 4.41. The van der Waals surface area contributed by atoms with Gasteiger partial charge in [-0.15, -0.1) is 0 Å². The monoisotopic (exact) mass is 343 g/mol. The van der Waals surface area contributed by atoms with Crippen molar-refractivity contribution in [3.8, 4) is 0 Å². The minimum Gasteiger partial charge on any atom is -0.313 e. The Hall–Kier alpha value is -0.410. The van der Waals surface area contributed by atoms with Crippen molar-refractivity contribution in [3.63, 3.8) is 0 Å². The standard InChI is InChI=1S/C17H27BrFN/c1-3-4-5-6-7-8-9-13-16(20-2)14-11-10-12-15(18)17(14)19/h10-12,16,20H,3-9,13H2,1-2H3. The predicted molar refractivity (Wildman–Crippen MR) is 88.5 cm³/mol. The van der Waals surface area contributed by atoms with Crippen molar-refractivity contribution in [1.82, 2.24) is 5.32 Å². The maximum absolute atomic E-state index is 14.1. The maximum Gasteiger partial charge on any atom is 0.142 e. The molecule has 0 aliphatic carbocycles. The van der Waals surface area contributed by atoms with Gasteiger partial charge in [-0.25, -0.2) is 4.39 Å². The lowest BCUT2D eigenvalue weighted by Crippen LogP contribution is -2.17. The third-order valence-electron chi connectivity index (χ3n) is 3.80. The summed E-state index contributed by atoms with van der Waals surface area (Å²) >= 11 is 3.26. The second-order valence-electron chi connectivity index (χ2n) is 5.39. The summed E-state index contributed by atoms with van der Waals surface area (Å²) < 4.78 is 14.6. The van der Waals surface area contributed by atoms with E-state index < -0.39 is 0 Å². The van der Waals surface area contributed by atoms with Crippen molar-refractivity contribution in [2.45, 2.75) is 64.3 Å². The Labute approximate surface area is 131 Å². The molecule has 114 valence electrons. The number of unbranched alkanes of at least 4 members (excludes halogenated alkanes) is 6. The highest BCUT2D eigenvalue weighted by Crippen LogP contribution is 2.27. The van der Waals surface area contributed by atoms with Crippen LogP contribution < -0.4 is 5.32 Å². The molecule has 3 heteroatoms. The third kappa shape index (κ3) is 5.92. The molecule has 0 aromatic heterocycles. The van der Waals surface area contributed by atoms with E-state index in [0.717, 1.165) is 18.4 Å². The molecule has 1 aromatic rings. The van der Waals surface area contributed by atoms with Crippen LogP contribution in [0.5, 0.6) is 0 Å². The first-order chi connectivity index (χ1) is 9.70. The molecular weight excluding hydrogens is 317 g/mol. The summed E-state index contributed by atoms with van der Waals surface area (Å²) in [5.74, 6) is -0.130. The van der Waals surface area contributed by atoms with Crippen LogP contribution in [-0.2, 0) is 0 Å². The van der Waals surface area contributed by atoms with Gasteiger partial charge < -0.3 is 5.32 Å². The van der Waals surface area contributed by atoms with Crippen molar-refractivity contribution < 1.29 is 4.39 Å². The molecule has 0 spiro atoms. The van der Waals surface area contributed by atoms with Gasteiger partial charge in [-0.1, -0.05) is 64.0 Å². The topological polar surface area (TPSA) is 12.0 Å². The lowest BCUT2D eigenvalue weighted by Gasteiger charge is -2.17. The molecule has 20 heavy (non-hydrogen) atoms. The number of hydrogen-bond donors (Lipinski definition) is 1. The quantitative estimate of drug-likeness (QED) is 0.514. The molecule has 1 atom stereocenters. The van der Waals surface area contributed by atoms with Crippen molar-refractivity contribution in [2.24, 2.45) is 0 Å². The fourth-order valence-corrected chi connectivity index (χ4v) is 2.93. The van der Waals surface area contributed by atoms with Crippen LogP contribution in [0.4, 0.5) is 4.39 Å². The summed E-state index contributed by atoms with van der Waals surface area (Å²) in [4.78, 5) is 0. The van der Waals surface area contributed by atoms with Crippen LogP contribution in [0.25, 0.3) is 0 Å². The highest BCUT2D eigenvalue weighted by atomic mass is 79.9. The minimum atomic E-state index is -0.130. The second kappa shape index (κ2) is 10.3. The average Bonchev–Trinajstić information content (AvgIpc) is 2.46. The zero-order valence-corrected chi connectivity index (χ0v) is 14.3. The first-order valence-electron chi connectivity index (χ1n) is 7.81. The predicted octanol–water partition coefficient (Wildman–Crippen LogP) is 5.99. The Bertz CT molecular complexity index is 381. The van der Waals surface area contributed by atoms with E-state index in [1.165, 1.54) is 38.5 Å². The molecule has 0 fully saturated rings. The molecule has 1 rings (SSSR count). The van der Waals surface area contributed by atoms with Gasteiger partial charge in [-0.2, -0.15) is 0 Å². The molecule has 0 aliphatic heterocycles. The number of benzene rings is 1. The van der Waals surface area contributed by atoms with Crippen LogP contribution in [0.3, 0.4) is 0 Å². The molecule has 0 saturated carbocycles. The van der Waals surface area contributed by atoms with Gasteiger partial charge in [-0.05, 0) is 35.5 Å². The van der Waals surface area contributed by atoms with Crippen LogP contribution >= 0.6 is 15.9 Å². The van der Waals surface area contributed by atoms with E-state index in [1.54, 1.807) is 6.07 Å². The largest absolute Gasteiger partial charge is 0.313 e. The molecule has 1 aromatic carbocycles. The first kappa shape index (κ1) is 17.6. The zero-order chi connectivity index (χ0) is 14.8. The summed E-state index contributed by atoms with van der Waals surface area (Å²) in [6.45, 7) is 2.24. The Kier molecular flexibility index (Phi) is 9.12. The summed E-state index contributed by atoms with van der Waals surface area (Å²) in [6, 6.07) is 5.64. The fourth-order valence-electron chi connectivity index (χ4n) is 2.55. The maximum atomic E-state index is 14.1. The number of hydrogen-bond acceptors (Lipinski definition) is 1. The minimum absolute atomic E-state index is 0.114. The van der Waals surface area contributed by atoms with Crippen LogP contribution in [0.15, 0.2) is 22.7 Å². The van der Waals surface area contributed by atoms with Gasteiger partial charge in [-0.3, -0.25) is 0 Å². The molecule has 1 unspecified atom stereocenters. The van der Waals surface area contributed by atoms with E-state index in [2.05, 4.69) is 28.2 Å². The van der Waals surface area contributed by atoms with Gasteiger partial charge in [0.2, 0.25) is 0 Å². The van der Waals surface area contributed by atoms with Crippen molar-refractivity contribution in [2.75, 3.05) is 7.05 Å². The molecule has 1 nitrogen and oxygen atoms in total. The van der Waals surface area contributed by atoms with Gasteiger partial charge in [0, 0.05) is 11.6 Å². The van der Waals surface area contributed by atoms with Crippen LogP contribution in [0.1, 0.15) is 69.9 Å². The van der Waals surface area contributed by atoms with E-state index in [-0.39, 0.29) is 11.9 Å². The second-order valence-corrected chi connectivity index (χ2v) is 6.25. The van der Waals surface area contributed by atoms with Crippen LogP contribution in [0, 0.1) is 5.82 Å². The number of nitrogens with one attached hydrogen (secondary N) is 1. The molecule has 0 radical (unpaired) electrons. The molecule has 1 N–H and O–H groups in total. The van der Waals surface area contributed by atoms with Gasteiger partial charge in [0.05, 0.1) is 4.47 Å². The van der Waals surface area contributed by atoms with E-state index in [4.69, 9.17) is 0 Å². The van der Waals surface area contributed by atoms with Gasteiger partial charge in [0.25, 0.3) is 0 Å². The van der Waals surface area contributed by atoms with E-state index in [9.17, 15) is 4.39 Å². The SMILES string of the molecule is CCCCCCCCCC(NC)c1cccc(Br)c1F. The summed E-state index contributed by atoms with van der Waals surface area (Å²) in [5, 5.41) is 3.24. The summed E-state index contributed by atoms with van der Waals surface area (Å²) in [5.41, 5.74) is 0.771. The molecule has 0 amide bonds. The first-order valence-corrected chi connectivity index (χ1v) is 8.61. The lowest BCUT2D eigenvalue weighted by molar-refractivity contribution is 0.474. The van der Waals surface area contributed by atoms with Gasteiger partial charge >= 0.3 is 0 Å². The van der Waals surface area contributed by atoms with E-state index >= 15 is 0 Å². The molecular formula is C17H27BrFN. The number of halogens is 2. The van der Waals surface area contributed by atoms with Crippen molar-refractivity contribution >= 4 is 15.9 Å². The van der Waals surface area contributed by atoms with E-state index in [0.29, 0.717) is 4.47 Å². The summed E-state index contributed by atoms with van der Waals surface area (Å²) in [6.07, 6.45) is 10.0. The Morgan fingerprint density at radius 2 is 1.75 bits per heavy atom. The highest BCUT2D eigenvalue weighted by Gasteiger charge is 2.15. The summed E-state index contributed by atoms with van der Waals surface area (Å²) in [7, 11) is 1.91. The van der Waals surface area contributed by atoms with Crippen molar-refractivity contribution in [3.05, 3.63) is 34.1 Å².